The third kappa shape index (κ3) is 3.54. The summed E-state index contributed by atoms with van der Waals surface area (Å²) in [5.41, 5.74) is 0. The molecule has 0 radical (unpaired) electrons. The van der Waals surface area contributed by atoms with Crippen LogP contribution in [0.5, 0.6) is 0 Å². The van der Waals surface area contributed by atoms with Crippen molar-refractivity contribution in [2.24, 2.45) is 0 Å². The molecule has 0 aliphatic rings. The highest BCUT2D eigenvalue weighted by Crippen LogP contribution is 2.47. The van der Waals surface area contributed by atoms with Crippen LogP contribution in [0.3, 0.4) is 0 Å². The standard InChI is InChI=1S/C5H9O7P/c1-9-4(6)5(7)12-13(8,10-2)11-3/h1-3H3. The van der Waals surface area contributed by atoms with Gasteiger partial charge in [-0.1, -0.05) is 0 Å². The number of hydrogen-bond acceptors (Lipinski definition) is 7. The summed E-state index contributed by atoms with van der Waals surface area (Å²) >= 11 is 0. The molecule has 0 aromatic heterocycles. The summed E-state index contributed by atoms with van der Waals surface area (Å²) < 4.78 is 27.6. The smallest absolute Gasteiger partial charge is 0.461 e. The second-order valence-corrected chi connectivity index (χ2v) is 3.49. The summed E-state index contributed by atoms with van der Waals surface area (Å²) in [4.78, 5) is 21.2. The quantitative estimate of drug-likeness (QED) is 0.372. The van der Waals surface area contributed by atoms with Crippen molar-refractivity contribution in [3.8, 4) is 0 Å². The second kappa shape index (κ2) is 4.96. The lowest BCUT2D eigenvalue weighted by Crippen LogP contribution is -2.18. The van der Waals surface area contributed by atoms with Gasteiger partial charge in [0.25, 0.3) is 0 Å². The lowest BCUT2D eigenvalue weighted by atomic mass is 10.7. The van der Waals surface area contributed by atoms with Crippen molar-refractivity contribution in [2.75, 3.05) is 21.3 Å². The third-order valence-electron chi connectivity index (χ3n) is 0.994. The molecule has 0 aromatic carbocycles. The predicted octanol–water partition coefficient (Wildman–Crippen LogP) is 0.103. The van der Waals surface area contributed by atoms with Crippen molar-refractivity contribution in [1.82, 2.24) is 0 Å². The van der Waals surface area contributed by atoms with Gasteiger partial charge in [0.1, 0.15) is 0 Å². The van der Waals surface area contributed by atoms with Crippen molar-refractivity contribution in [3.05, 3.63) is 0 Å². The maximum atomic E-state index is 11.1. The van der Waals surface area contributed by atoms with E-state index in [2.05, 4.69) is 18.3 Å². The lowest BCUT2D eigenvalue weighted by molar-refractivity contribution is -0.161. The van der Waals surface area contributed by atoms with E-state index in [-0.39, 0.29) is 0 Å². The average molecular weight is 212 g/mol. The molecule has 0 saturated heterocycles. The Labute approximate surface area is 74.5 Å². The molecule has 13 heavy (non-hydrogen) atoms. The van der Waals surface area contributed by atoms with E-state index < -0.39 is 19.8 Å². The van der Waals surface area contributed by atoms with E-state index in [1.807, 2.05) is 0 Å². The lowest BCUT2D eigenvalue weighted by Gasteiger charge is -2.11. The summed E-state index contributed by atoms with van der Waals surface area (Å²) in [5.74, 6) is -2.72. The van der Waals surface area contributed by atoms with Crippen LogP contribution in [0.2, 0.25) is 0 Å². The summed E-state index contributed by atoms with van der Waals surface area (Å²) in [6.07, 6.45) is 0. The number of hydrogen-bond donors (Lipinski definition) is 0. The molecular weight excluding hydrogens is 203 g/mol. The number of ether oxygens (including phenoxy) is 1. The average Bonchev–Trinajstić information content (AvgIpc) is 2.16. The molecule has 0 aliphatic carbocycles. The maximum absolute atomic E-state index is 11.1. The fourth-order valence-electron chi connectivity index (χ4n) is 0.371. The fraction of sp³-hybridized carbons (Fsp3) is 0.600. The number of phosphoric ester groups is 1. The first kappa shape index (κ1) is 12.1. The van der Waals surface area contributed by atoms with Crippen LogP contribution in [0.25, 0.3) is 0 Å². The van der Waals surface area contributed by atoms with Crippen molar-refractivity contribution in [1.29, 1.82) is 0 Å². The monoisotopic (exact) mass is 212 g/mol. The molecule has 8 heteroatoms. The molecule has 7 nitrogen and oxygen atoms in total. The number of phosphoric acid groups is 1. The number of rotatable bonds is 3. The predicted molar refractivity (Wildman–Crippen MR) is 39.7 cm³/mol. The van der Waals surface area contributed by atoms with Crippen LogP contribution in [0.1, 0.15) is 0 Å². The first-order chi connectivity index (χ1) is 5.99. The van der Waals surface area contributed by atoms with Gasteiger partial charge in [-0.2, -0.15) is 0 Å². The van der Waals surface area contributed by atoms with E-state index >= 15 is 0 Å². The first-order valence-corrected chi connectivity index (χ1v) is 4.48. The van der Waals surface area contributed by atoms with Gasteiger partial charge < -0.3 is 9.26 Å². The molecule has 0 saturated carbocycles. The highest BCUT2D eigenvalue weighted by atomic mass is 31.2. The Kier molecular flexibility index (Phi) is 4.61. The largest absolute Gasteiger partial charge is 0.532 e. The van der Waals surface area contributed by atoms with Crippen LogP contribution in [0.15, 0.2) is 0 Å². The number of carbonyl (C=O) groups is 2. The first-order valence-electron chi connectivity index (χ1n) is 3.02. The van der Waals surface area contributed by atoms with E-state index in [1.165, 1.54) is 0 Å². The van der Waals surface area contributed by atoms with Crippen molar-refractivity contribution >= 4 is 19.8 Å². The highest BCUT2D eigenvalue weighted by molar-refractivity contribution is 7.49. The Morgan fingerprint density at radius 2 is 1.46 bits per heavy atom. The Morgan fingerprint density at radius 1 is 1.00 bits per heavy atom. The van der Waals surface area contributed by atoms with E-state index in [1.54, 1.807) is 0 Å². The Hall–Kier alpha value is -0.910. The van der Waals surface area contributed by atoms with Gasteiger partial charge in [-0.05, 0) is 0 Å². The normalized spacial score (nSPS) is 10.7. The maximum Gasteiger partial charge on any atom is 0.532 e. The zero-order valence-corrected chi connectivity index (χ0v) is 8.20. The van der Waals surface area contributed by atoms with Crippen LogP contribution in [-0.4, -0.2) is 33.3 Å². The van der Waals surface area contributed by atoms with Crippen LogP contribution < -0.4 is 0 Å². The van der Waals surface area contributed by atoms with E-state index in [0.29, 0.717) is 0 Å². The Bertz CT molecular complexity index is 239. The molecule has 0 fully saturated rings. The molecule has 0 atom stereocenters. The Balaban J connectivity index is 4.35. The number of methoxy groups -OCH3 is 1. The molecule has 76 valence electrons. The summed E-state index contributed by atoms with van der Waals surface area (Å²) in [5, 5.41) is 0. The second-order valence-electron chi connectivity index (χ2n) is 1.68. The number of esters is 1. The fourth-order valence-corrected chi connectivity index (χ4v) is 0.947. The minimum Gasteiger partial charge on any atom is -0.461 e. The molecule has 0 heterocycles. The van der Waals surface area contributed by atoms with Gasteiger partial charge in [-0.3, -0.25) is 9.05 Å². The van der Waals surface area contributed by atoms with Crippen LogP contribution in [0.4, 0.5) is 0 Å². The molecule has 0 unspecified atom stereocenters. The van der Waals surface area contributed by atoms with Crippen LogP contribution in [-0.2, 0) is 32.5 Å². The number of carbonyl (C=O) groups excluding carboxylic acids is 2. The molecule has 0 amide bonds. The highest BCUT2D eigenvalue weighted by Gasteiger charge is 2.31. The van der Waals surface area contributed by atoms with Gasteiger partial charge in [0.05, 0.1) is 7.11 Å². The van der Waals surface area contributed by atoms with E-state index in [4.69, 9.17) is 0 Å². The van der Waals surface area contributed by atoms with Gasteiger partial charge >= 0.3 is 19.8 Å². The molecule has 0 N–H and O–H groups in total. The van der Waals surface area contributed by atoms with Crippen molar-refractivity contribution in [2.45, 2.75) is 0 Å². The minimum absolute atomic E-state index is 0.980. The van der Waals surface area contributed by atoms with Crippen molar-refractivity contribution < 1.29 is 32.5 Å². The van der Waals surface area contributed by atoms with Crippen LogP contribution >= 0.6 is 7.82 Å². The minimum atomic E-state index is -3.95. The van der Waals surface area contributed by atoms with Gasteiger partial charge in [0, 0.05) is 14.2 Å². The zero-order chi connectivity index (χ0) is 10.5. The summed E-state index contributed by atoms with van der Waals surface area (Å²) in [6, 6.07) is 0. The van der Waals surface area contributed by atoms with E-state index in [0.717, 1.165) is 21.3 Å². The van der Waals surface area contributed by atoms with Crippen molar-refractivity contribution in [3.63, 3.8) is 0 Å². The summed E-state index contributed by atoms with van der Waals surface area (Å²) in [7, 11) is -0.957. The topological polar surface area (TPSA) is 88.1 Å². The van der Waals surface area contributed by atoms with Gasteiger partial charge in [-0.25, -0.2) is 14.2 Å². The molecule has 0 aromatic rings. The van der Waals surface area contributed by atoms with Crippen LogP contribution in [0, 0.1) is 0 Å². The molecule has 0 spiro atoms. The zero-order valence-electron chi connectivity index (χ0n) is 7.30. The molecule has 0 aliphatic heterocycles. The molecule has 0 rings (SSSR count). The third-order valence-corrected chi connectivity index (χ3v) is 2.28. The summed E-state index contributed by atoms with van der Waals surface area (Å²) in [6.45, 7) is 0. The molecular formula is C5H9O7P. The van der Waals surface area contributed by atoms with Gasteiger partial charge in [0.15, 0.2) is 0 Å². The molecule has 0 bridgehead atoms. The van der Waals surface area contributed by atoms with E-state index in [9.17, 15) is 14.2 Å². The Morgan fingerprint density at radius 3 is 1.77 bits per heavy atom. The van der Waals surface area contributed by atoms with Gasteiger partial charge in [-0.15, -0.1) is 0 Å². The SMILES string of the molecule is COC(=O)C(=O)OP(=O)(OC)OC. The van der Waals surface area contributed by atoms with Gasteiger partial charge in [0.2, 0.25) is 0 Å².